The summed E-state index contributed by atoms with van der Waals surface area (Å²) in [5, 5.41) is 19.6. The second kappa shape index (κ2) is 11.0. The first-order chi connectivity index (χ1) is 17.2. The van der Waals surface area contributed by atoms with Gasteiger partial charge in [-0.15, -0.1) is 0 Å². The summed E-state index contributed by atoms with van der Waals surface area (Å²) in [7, 11) is 0. The molecule has 1 aromatic heterocycles. The first kappa shape index (κ1) is 25.6. The van der Waals surface area contributed by atoms with Crippen molar-refractivity contribution >= 4 is 23.7 Å². The fourth-order valence-corrected chi connectivity index (χ4v) is 5.31. The van der Waals surface area contributed by atoms with Gasteiger partial charge >= 0.3 is 6.09 Å². The molecule has 1 aliphatic heterocycles. The van der Waals surface area contributed by atoms with Gasteiger partial charge in [-0.05, 0) is 55.7 Å². The molecule has 3 amide bonds. The van der Waals surface area contributed by atoms with Crippen LogP contribution in [0.25, 0.3) is 0 Å². The summed E-state index contributed by atoms with van der Waals surface area (Å²) in [5.74, 6) is -1.26. The third-order valence-electron chi connectivity index (χ3n) is 7.20. The summed E-state index contributed by atoms with van der Waals surface area (Å²) in [6.07, 6.45) is 2.64. The topological polar surface area (TPSA) is 119 Å². The van der Waals surface area contributed by atoms with Crippen LogP contribution in [0.15, 0.2) is 24.3 Å². The molecule has 4 rings (SSSR count). The Hall–Kier alpha value is -3.50. The molecule has 0 bridgehead atoms. The lowest BCUT2D eigenvalue weighted by molar-refractivity contribution is -0.130. The summed E-state index contributed by atoms with van der Waals surface area (Å²) < 4.78 is 26.7. The third kappa shape index (κ3) is 6.38. The molecule has 194 valence electrons. The molecule has 0 radical (unpaired) electrons. The van der Waals surface area contributed by atoms with Crippen LogP contribution in [0.3, 0.4) is 0 Å². The van der Waals surface area contributed by atoms with Gasteiger partial charge in [-0.1, -0.05) is 0 Å². The van der Waals surface area contributed by atoms with Crippen LogP contribution in [0.4, 0.5) is 19.4 Å². The smallest absolute Gasteiger partial charge is 0.407 e. The van der Waals surface area contributed by atoms with Gasteiger partial charge in [0.05, 0.1) is 6.42 Å². The van der Waals surface area contributed by atoms with Gasteiger partial charge in [0.15, 0.2) is 5.82 Å². The van der Waals surface area contributed by atoms with Gasteiger partial charge in [-0.3, -0.25) is 14.7 Å². The minimum atomic E-state index is -0.930. The zero-order chi connectivity index (χ0) is 25.8. The molecule has 1 aromatic carbocycles. The van der Waals surface area contributed by atoms with Crippen LogP contribution in [0, 0.1) is 17.6 Å². The van der Waals surface area contributed by atoms with E-state index in [9.17, 15) is 28.3 Å². The van der Waals surface area contributed by atoms with Crippen LogP contribution < -0.4 is 5.32 Å². The lowest BCUT2D eigenvalue weighted by Crippen LogP contribution is -2.45. The highest BCUT2D eigenvalue weighted by Crippen LogP contribution is 2.37. The Kier molecular flexibility index (Phi) is 7.85. The number of hydrogen-bond acceptors (Lipinski definition) is 4. The van der Waals surface area contributed by atoms with Crippen LogP contribution >= 0.6 is 0 Å². The number of halogens is 2. The number of amides is 3. The first-order valence-electron chi connectivity index (χ1n) is 12.2. The van der Waals surface area contributed by atoms with Crippen molar-refractivity contribution in [3.63, 3.8) is 0 Å². The molecule has 2 unspecified atom stereocenters. The summed E-state index contributed by atoms with van der Waals surface area (Å²) >= 11 is 0. The van der Waals surface area contributed by atoms with Crippen LogP contribution in [-0.4, -0.2) is 68.7 Å². The number of rotatable bonds is 7. The van der Waals surface area contributed by atoms with E-state index in [1.54, 1.807) is 22.8 Å². The summed E-state index contributed by atoms with van der Waals surface area (Å²) in [5.41, 5.74) is 1.03. The summed E-state index contributed by atoms with van der Waals surface area (Å²) in [6.45, 7) is 3.35. The SMILES string of the molecule is CC(=O)N1CCC(CN(C(=O)O)C2CCC(c3cc(NC(=O)Cc4cc(F)cc(F)c4)n[nH]3)C2)CC1. The number of carboxylic acid groups (broad SMARTS) is 1. The monoisotopic (exact) mass is 503 g/mol. The highest BCUT2D eigenvalue weighted by atomic mass is 19.1. The van der Waals surface area contributed by atoms with Gasteiger partial charge in [0, 0.05) is 56.3 Å². The summed E-state index contributed by atoms with van der Waals surface area (Å²) in [6, 6.07) is 4.58. The highest BCUT2D eigenvalue weighted by Gasteiger charge is 2.35. The van der Waals surface area contributed by atoms with E-state index in [0.717, 1.165) is 49.6 Å². The Morgan fingerprint density at radius 1 is 1.11 bits per heavy atom. The van der Waals surface area contributed by atoms with E-state index in [-0.39, 0.29) is 35.8 Å². The Morgan fingerprint density at radius 3 is 2.44 bits per heavy atom. The number of hydrogen-bond donors (Lipinski definition) is 3. The van der Waals surface area contributed by atoms with Gasteiger partial charge in [-0.2, -0.15) is 5.10 Å². The van der Waals surface area contributed by atoms with Gasteiger partial charge < -0.3 is 20.2 Å². The van der Waals surface area contributed by atoms with E-state index in [2.05, 4.69) is 15.5 Å². The van der Waals surface area contributed by atoms with Gasteiger partial charge in [0.25, 0.3) is 0 Å². The van der Waals surface area contributed by atoms with Crippen molar-refractivity contribution in [1.82, 2.24) is 20.0 Å². The largest absolute Gasteiger partial charge is 0.465 e. The first-order valence-corrected chi connectivity index (χ1v) is 12.2. The Morgan fingerprint density at radius 2 is 1.81 bits per heavy atom. The van der Waals surface area contributed by atoms with Crippen LogP contribution in [0.1, 0.15) is 56.2 Å². The standard InChI is InChI=1S/C25H31F2N5O4/c1-15(33)31-6-4-16(5-7-31)14-32(25(35)36)21-3-2-18(11-21)22-13-23(30-29-22)28-24(34)10-17-8-19(26)12-20(27)9-17/h8-9,12-13,16,18,21H,2-7,10-11,14H2,1H3,(H,35,36)(H2,28,29,30,34). The van der Waals surface area contributed by atoms with Crippen molar-refractivity contribution in [2.24, 2.45) is 5.92 Å². The Bertz CT molecular complexity index is 1100. The number of H-pyrrole nitrogens is 1. The molecule has 3 N–H and O–H groups in total. The van der Waals surface area contributed by atoms with E-state index in [1.165, 1.54) is 0 Å². The molecule has 36 heavy (non-hydrogen) atoms. The lowest BCUT2D eigenvalue weighted by Gasteiger charge is -2.35. The van der Waals surface area contributed by atoms with Crippen molar-refractivity contribution in [2.45, 2.75) is 57.4 Å². The van der Waals surface area contributed by atoms with Crippen molar-refractivity contribution in [2.75, 3.05) is 25.0 Å². The van der Waals surface area contributed by atoms with Crippen molar-refractivity contribution in [3.05, 3.63) is 47.2 Å². The molecule has 2 aliphatic rings. The zero-order valence-corrected chi connectivity index (χ0v) is 20.2. The minimum Gasteiger partial charge on any atom is -0.465 e. The fourth-order valence-electron chi connectivity index (χ4n) is 5.31. The number of aromatic amines is 1. The van der Waals surface area contributed by atoms with Crippen molar-refractivity contribution in [1.29, 1.82) is 0 Å². The fraction of sp³-hybridized carbons (Fsp3) is 0.520. The second-order valence-corrected chi connectivity index (χ2v) is 9.76. The van der Waals surface area contributed by atoms with Crippen molar-refractivity contribution < 1.29 is 28.3 Å². The quantitative estimate of drug-likeness (QED) is 0.532. The van der Waals surface area contributed by atoms with E-state index >= 15 is 0 Å². The van der Waals surface area contributed by atoms with Crippen LogP contribution in [0.2, 0.25) is 0 Å². The van der Waals surface area contributed by atoms with E-state index in [1.807, 2.05) is 0 Å². The number of nitrogens with one attached hydrogen (secondary N) is 2. The minimum absolute atomic E-state index is 0.0557. The number of benzene rings is 1. The highest BCUT2D eigenvalue weighted by molar-refractivity contribution is 5.91. The Balaban J connectivity index is 1.30. The number of nitrogens with zero attached hydrogens (tertiary/aromatic N) is 3. The van der Waals surface area contributed by atoms with E-state index in [4.69, 9.17) is 0 Å². The molecule has 9 nitrogen and oxygen atoms in total. The molecule has 2 atom stereocenters. The zero-order valence-electron chi connectivity index (χ0n) is 20.2. The van der Waals surface area contributed by atoms with Crippen molar-refractivity contribution in [3.8, 4) is 0 Å². The number of piperidine rings is 1. The normalized spacial score (nSPS) is 20.4. The van der Waals surface area contributed by atoms with Gasteiger partial charge in [0.2, 0.25) is 11.8 Å². The molecule has 1 saturated heterocycles. The molecular formula is C25H31F2N5O4. The Labute approximate surface area is 207 Å². The number of likely N-dealkylation sites (tertiary alicyclic amines) is 1. The van der Waals surface area contributed by atoms with Gasteiger partial charge in [0.1, 0.15) is 11.6 Å². The molecule has 1 saturated carbocycles. The molecule has 2 heterocycles. The molecule has 2 aromatic rings. The second-order valence-electron chi connectivity index (χ2n) is 9.76. The predicted molar refractivity (Wildman–Crippen MR) is 127 cm³/mol. The molecular weight excluding hydrogens is 472 g/mol. The number of aromatic nitrogens is 2. The van der Waals surface area contributed by atoms with Crippen LogP contribution in [0.5, 0.6) is 0 Å². The number of carbonyl (C=O) groups excluding carboxylic acids is 2. The molecule has 11 heteroatoms. The van der Waals surface area contributed by atoms with Gasteiger partial charge in [-0.25, -0.2) is 13.6 Å². The maximum Gasteiger partial charge on any atom is 0.407 e. The molecule has 1 aliphatic carbocycles. The number of carbonyl (C=O) groups is 3. The van der Waals surface area contributed by atoms with Crippen LogP contribution in [-0.2, 0) is 16.0 Å². The lowest BCUT2D eigenvalue weighted by atomic mass is 9.95. The summed E-state index contributed by atoms with van der Waals surface area (Å²) in [4.78, 5) is 39.2. The average Bonchev–Trinajstić information content (AvgIpc) is 3.46. The average molecular weight is 504 g/mol. The number of anilines is 1. The van der Waals surface area contributed by atoms with E-state index in [0.29, 0.717) is 31.9 Å². The predicted octanol–water partition coefficient (Wildman–Crippen LogP) is 3.74. The third-order valence-corrected chi connectivity index (χ3v) is 7.20. The van der Waals surface area contributed by atoms with E-state index < -0.39 is 23.6 Å². The maximum absolute atomic E-state index is 13.4. The molecule has 2 fully saturated rings. The maximum atomic E-state index is 13.4. The molecule has 0 spiro atoms.